The molecule has 1 amide bonds. The summed E-state index contributed by atoms with van der Waals surface area (Å²) in [5.74, 6) is 1.64. The third kappa shape index (κ3) is 3.17. The number of ether oxygens (including phenoxy) is 2. The minimum Gasteiger partial charge on any atom is -0.454 e. The number of carbonyl (C=O) groups is 1. The predicted octanol–water partition coefficient (Wildman–Crippen LogP) is 1.37. The zero-order valence-electron chi connectivity index (χ0n) is 11.6. The van der Waals surface area contributed by atoms with Gasteiger partial charge in [0.1, 0.15) is 0 Å². The topological polar surface area (TPSA) is 50.8 Å². The molecule has 0 fully saturated rings. The molecule has 2 rings (SSSR count). The molecule has 1 aromatic carbocycles. The maximum absolute atomic E-state index is 11.9. The summed E-state index contributed by atoms with van der Waals surface area (Å²) in [6.45, 7) is 5.46. The Hall–Kier alpha value is -1.75. The highest BCUT2D eigenvalue weighted by Crippen LogP contribution is 2.32. The lowest BCUT2D eigenvalue weighted by Crippen LogP contribution is -2.42. The number of carbonyl (C=O) groups excluding carboxylic acids is 1. The summed E-state index contributed by atoms with van der Waals surface area (Å²) in [4.78, 5) is 13.6. The van der Waals surface area contributed by atoms with Crippen LogP contribution in [0.3, 0.4) is 0 Å². The maximum Gasteiger partial charge on any atom is 0.239 e. The first kappa shape index (κ1) is 13.7. The van der Waals surface area contributed by atoms with Crippen LogP contribution in [0.1, 0.15) is 19.4 Å². The number of fused-ring (bicyclic) bond motifs is 1. The van der Waals surface area contributed by atoms with E-state index in [-0.39, 0.29) is 18.7 Å². The summed E-state index contributed by atoms with van der Waals surface area (Å²) >= 11 is 0. The molecule has 1 atom stereocenters. The quantitative estimate of drug-likeness (QED) is 0.872. The van der Waals surface area contributed by atoms with E-state index in [9.17, 15) is 4.79 Å². The molecule has 1 aliphatic rings. The van der Waals surface area contributed by atoms with Gasteiger partial charge in [-0.2, -0.15) is 0 Å². The molecular weight excluding hydrogens is 244 g/mol. The normalized spacial score (nSPS) is 14.3. The van der Waals surface area contributed by atoms with Crippen LogP contribution < -0.4 is 14.8 Å². The lowest BCUT2D eigenvalue weighted by atomic mass is 10.2. The monoisotopic (exact) mass is 264 g/mol. The smallest absolute Gasteiger partial charge is 0.239 e. The molecule has 0 spiro atoms. The summed E-state index contributed by atoms with van der Waals surface area (Å²) < 4.78 is 10.6. The van der Waals surface area contributed by atoms with Gasteiger partial charge in [-0.3, -0.25) is 4.79 Å². The van der Waals surface area contributed by atoms with E-state index in [4.69, 9.17) is 9.47 Å². The molecule has 5 nitrogen and oxygen atoms in total. The van der Waals surface area contributed by atoms with E-state index >= 15 is 0 Å². The number of amides is 1. The van der Waals surface area contributed by atoms with Crippen LogP contribution in [0.2, 0.25) is 0 Å². The van der Waals surface area contributed by atoms with Gasteiger partial charge in [0.25, 0.3) is 0 Å². The molecule has 0 saturated heterocycles. The second-order valence-corrected chi connectivity index (χ2v) is 4.64. The van der Waals surface area contributed by atoms with Gasteiger partial charge in [-0.25, -0.2) is 0 Å². The van der Waals surface area contributed by atoms with Crippen LogP contribution in [0.5, 0.6) is 11.5 Å². The summed E-state index contributed by atoms with van der Waals surface area (Å²) in [5, 5.41) is 3.22. The molecular formula is C14H20N2O3. The second kappa shape index (κ2) is 5.93. The highest BCUT2D eigenvalue weighted by Gasteiger charge is 2.17. The summed E-state index contributed by atoms with van der Waals surface area (Å²) in [7, 11) is 1.81. The van der Waals surface area contributed by atoms with Crippen LogP contribution in [0.25, 0.3) is 0 Å². The van der Waals surface area contributed by atoms with Crippen molar-refractivity contribution in [2.45, 2.75) is 26.4 Å². The number of likely N-dealkylation sites (N-methyl/N-ethyl adjacent to an activating group) is 1. The minimum atomic E-state index is -0.199. The Balaban J connectivity index is 1.90. The Kier molecular flexibility index (Phi) is 4.27. The largest absolute Gasteiger partial charge is 0.454 e. The van der Waals surface area contributed by atoms with E-state index in [2.05, 4.69) is 5.32 Å². The van der Waals surface area contributed by atoms with Gasteiger partial charge < -0.3 is 19.7 Å². The molecule has 5 heteroatoms. The van der Waals surface area contributed by atoms with Crippen molar-refractivity contribution in [1.82, 2.24) is 10.2 Å². The third-order valence-electron chi connectivity index (χ3n) is 3.27. The number of nitrogens with one attached hydrogen (secondary N) is 1. The van der Waals surface area contributed by atoms with E-state index in [0.29, 0.717) is 6.54 Å². The Morgan fingerprint density at radius 1 is 1.42 bits per heavy atom. The van der Waals surface area contributed by atoms with Crippen LogP contribution in [-0.2, 0) is 11.3 Å². The van der Waals surface area contributed by atoms with Crippen LogP contribution >= 0.6 is 0 Å². The second-order valence-electron chi connectivity index (χ2n) is 4.64. The maximum atomic E-state index is 11.9. The van der Waals surface area contributed by atoms with Crippen molar-refractivity contribution in [2.75, 3.05) is 20.4 Å². The van der Waals surface area contributed by atoms with Gasteiger partial charge in [0.15, 0.2) is 11.5 Å². The van der Waals surface area contributed by atoms with Crippen LogP contribution in [0.15, 0.2) is 18.2 Å². The van der Waals surface area contributed by atoms with Gasteiger partial charge in [-0.1, -0.05) is 6.07 Å². The Morgan fingerprint density at radius 2 is 2.16 bits per heavy atom. The molecule has 19 heavy (non-hydrogen) atoms. The van der Waals surface area contributed by atoms with E-state index in [1.165, 1.54) is 0 Å². The van der Waals surface area contributed by atoms with Gasteiger partial charge in [-0.15, -0.1) is 0 Å². The first-order valence-electron chi connectivity index (χ1n) is 6.48. The zero-order valence-corrected chi connectivity index (χ0v) is 11.6. The van der Waals surface area contributed by atoms with E-state index < -0.39 is 0 Å². The van der Waals surface area contributed by atoms with Crippen LogP contribution in [0.4, 0.5) is 0 Å². The SMILES string of the molecule is CCN(C)C(=O)C(C)NCc1ccc2c(c1)OCO2. The third-order valence-corrected chi connectivity index (χ3v) is 3.27. The lowest BCUT2D eigenvalue weighted by Gasteiger charge is -2.20. The standard InChI is InChI=1S/C14H20N2O3/c1-4-16(3)14(17)10(2)15-8-11-5-6-12-13(7-11)19-9-18-12/h5-7,10,15H,4,8-9H2,1-3H3. The fraction of sp³-hybridized carbons (Fsp3) is 0.500. The van der Waals surface area contributed by atoms with Crippen LogP contribution in [-0.4, -0.2) is 37.2 Å². The zero-order chi connectivity index (χ0) is 13.8. The van der Waals surface area contributed by atoms with Gasteiger partial charge in [0, 0.05) is 20.1 Å². The van der Waals surface area contributed by atoms with Crippen molar-refractivity contribution in [3.63, 3.8) is 0 Å². The highest BCUT2D eigenvalue weighted by atomic mass is 16.7. The Labute approximate surface area is 113 Å². The molecule has 0 aliphatic carbocycles. The average Bonchev–Trinajstić information content (AvgIpc) is 2.90. The number of benzene rings is 1. The summed E-state index contributed by atoms with van der Waals surface area (Å²) in [6.07, 6.45) is 0. The van der Waals surface area contributed by atoms with E-state index in [1.807, 2.05) is 32.0 Å². The molecule has 1 aliphatic heterocycles. The molecule has 1 aromatic rings. The molecule has 1 heterocycles. The van der Waals surface area contributed by atoms with Crippen molar-refractivity contribution in [3.05, 3.63) is 23.8 Å². The minimum absolute atomic E-state index is 0.100. The van der Waals surface area contributed by atoms with Gasteiger partial charge >= 0.3 is 0 Å². The number of hydrogen-bond acceptors (Lipinski definition) is 4. The van der Waals surface area contributed by atoms with Crippen molar-refractivity contribution >= 4 is 5.91 Å². The fourth-order valence-electron chi connectivity index (χ4n) is 1.90. The fourth-order valence-corrected chi connectivity index (χ4v) is 1.90. The van der Waals surface area contributed by atoms with E-state index in [1.54, 1.807) is 11.9 Å². The molecule has 0 radical (unpaired) electrons. The van der Waals surface area contributed by atoms with Crippen molar-refractivity contribution in [3.8, 4) is 11.5 Å². The van der Waals surface area contributed by atoms with Crippen molar-refractivity contribution in [1.29, 1.82) is 0 Å². The molecule has 1 unspecified atom stereocenters. The molecule has 0 saturated carbocycles. The highest BCUT2D eigenvalue weighted by molar-refractivity contribution is 5.81. The van der Waals surface area contributed by atoms with Crippen LogP contribution in [0, 0.1) is 0 Å². The summed E-state index contributed by atoms with van der Waals surface area (Å²) in [6, 6.07) is 5.61. The first-order chi connectivity index (χ1) is 9.11. The Bertz CT molecular complexity index is 462. The number of hydrogen-bond donors (Lipinski definition) is 1. The van der Waals surface area contributed by atoms with Gasteiger partial charge in [-0.05, 0) is 31.5 Å². The number of nitrogens with zero attached hydrogens (tertiary/aromatic N) is 1. The lowest BCUT2D eigenvalue weighted by molar-refractivity contribution is -0.131. The first-order valence-corrected chi connectivity index (χ1v) is 6.48. The molecule has 0 aromatic heterocycles. The molecule has 0 bridgehead atoms. The molecule has 1 N–H and O–H groups in total. The summed E-state index contributed by atoms with van der Waals surface area (Å²) in [5.41, 5.74) is 1.07. The average molecular weight is 264 g/mol. The predicted molar refractivity (Wildman–Crippen MR) is 72.2 cm³/mol. The Morgan fingerprint density at radius 3 is 2.89 bits per heavy atom. The van der Waals surface area contributed by atoms with E-state index in [0.717, 1.165) is 23.6 Å². The van der Waals surface area contributed by atoms with Gasteiger partial charge in [0.2, 0.25) is 12.7 Å². The van der Waals surface area contributed by atoms with Crippen molar-refractivity contribution < 1.29 is 14.3 Å². The number of rotatable bonds is 5. The molecule has 104 valence electrons. The van der Waals surface area contributed by atoms with Crippen molar-refractivity contribution in [2.24, 2.45) is 0 Å². The van der Waals surface area contributed by atoms with Gasteiger partial charge in [0.05, 0.1) is 6.04 Å².